The second-order valence-corrected chi connectivity index (χ2v) is 7.34. The number of aliphatic carboxylic acids is 1. The molecular formula is C21H26N4O4. The molecule has 1 aliphatic heterocycles. The van der Waals surface area contributed by atoms with E-state index in [4.69, 9.17) is 5.11 Å². The summed E-state index contributed by atoms with van der Waals surface area (Å²) in [6.45, 7) is 4.01. The van der Waals surface area contributed by atoms with E-state index in [0.717, 1.165) is 11.4 Å². The largest absolute Gasteiger partial charge is 0.480 e. The molecule has 0 bridgehead atoms. The van der Waals surface area contributed by atoms with Gasteiger partial charge in [0.2, 0.25) is 5.91 Å². The van der Waals surface area contributed by atoms with Crippen LogP contribution in [0.25, 0.3) is 5.69 Å². The maximum atomic E-state index is 13.0. The fraction of sp³-hybridized carbons (Fsp3) is 0.429. The van der Waals surface area contributed by atoms with Crippen LogP contribution in [-0.4, -0.2) is 68.1 Å². The van der Waals surface area contributed by atoms with Crippen LogP contribution < -0.4 is 0 Å². The molecule has 8 nitrogen and oxygen atoms in total. The predicted molar refractivity (Wildman–Crippen MR) is 107 cm³/mol. The van der Waals surface area contributed by atoms with E-state index >= 15 is 0 Å². The standard InChI is InChI=1S/C21H26N4O4/c1-15-13-19(22-25(15)18-7-4-3-5-8-18)21(29)23-11-6-9-17(10-12-23)24(16(2)26)14-20(27)28/h3-5,7-8,13,17H,6,9-12,14H2,1-2H3,(H,27,28). The van der Waals surface area contributed by atoms with E-state index in [9.17, 15) is 14.4 Å². The molecule has 154 valence electrons. The third-order valence-corrected chi connectivity index (χ3v) is 5.24. The molecule has 1 aromatic carbocycles. The number of para-hydroxylation sites is 1. The zero-order valence-electron chi connectivity index (χ0n) is 16.7. The number of rotatable bonds is 5. The number of likely N-dealkylation sites (tertiary alicyclic amines) is 1. The summed E-state index contributed by atoms with van der Waals surface area (Å²) in [5, 5.41) is 13.6. The van der Waals surface area contributed by atoms with Gasteiger partial charge in [-0.15, -0.1) is 0 Å². The van der Waals surface area contributed by atoms with Gasteiger partial charge in [0, 0.05) is 31.7 Å². The zero-order chi connectivity index (χ0) is 21.0. The van der Waals surface area contributed by atoms with Crippen molar-refractivity contribution in [2.24, 2.45) is 0 Å². The number of aryl methyl sites for hydroxylation is 1. The molecule has 0 saturated carbocycles. The average molecular weight is 398 g/mol. The molecule has 0 radical (unpaired) electrons. The molecule has 1 aliphatic rings. The molecule has 1 fully saturated rings. The lowest BCUT2D eigenvalue weighted by Crippen LogP contribution is -2.43. The first kappa shape index (κ1) is 20.6. The summed E-state index contributed by atoms with van der Waals surface area (Å²) in [4.78, 5) is 39.1. The minimum Gasteiger partial charge on any atom is -0.480 e. The van der Waals surface area contributed by atoms with Gasteiger partial charge in [0.1, 0.15) is 6.54 Å². The summed E-state index contributed by atoms with van der Waals surface area (Å²) >= 11 is 0. The van der Waals surface area contributed by atoms with Crippen molar-refractivity contribution in [3.8, 4) is 5.69 Å². The van der Waals surface area contributed by atoms with Gasteiger partial charge < -0.3 is 14.9 Å². The van der Waals surface area contributed by atoms with Gasteiger partial charge in [0.05, 0.1) is 5.69 Å². The van der Waals surface area contributed by atoms with Crippen LogP contribution in [0.1, 0.15) is 42.4 Å². The van der Waals surface area contributed by atoms with Crippen molar-refractivity contribution < 1.29 is 19.5 Å². The molecule has 1 atom stereocenters. The molecule has 8 heteroatoms. The van der Waals surface area contributed by atoms with E-state index in [1.165, 1.54) is 11.8 Å². The van der Waals surface area contributed by atoms with Crippen molar-refractivity contribution in [2.75, 3.05) is 19.6 Å². The summed E-state index contributed by atoms with van der Waals surface area (Å²) in [6, 6.07) is 11.2. The maximum Gasteiger partial charge on any atom is 0.323 e. The number of amides is 2. The molecule has 29 heavy (non-hydrogen) atoms. The smallest absolute Gasteiger partial charge is 0.323 e. The molecule has 1 N–H and O–H groups in total. The highest BCUT2D eigenvalue weighted by Crippen LogP contribution is 2.20. The van der Waals surface area contributed by atoms with Gasteiger partial charge in [0.25, 0.3) is 5.91 Å². The molecule has 0 aliphatic carbocycles. The van der Waals surface area contributed by atoms with Crippen LogP contribution in [0.15, 0.2) is 36.4 Å². The van der Waals surface area contributed by atoms with Crippen LogP contribution in [0.2, 0.25) is 0 Å². The van der Waals surface area contributed by atoms with Crippen LogP contribution in [0, 0.1) is 6.92 Å². The van der Waals surface area contributed by atoms with Gasteiger partial charge in [-0.05, 0) is 44.4 Å². The topological polar surface area (TPSA) is 95.7 Å². The SMILES string of the molecule is CC(=O)N(CC(=O)O)C1CCCN(C(=O)c2cc(C)n(-c3ccccc3)n2)CC1. The maximum absolute atomic E-state index is 13.0. The summed E-state index contributed by atoms with van der Waals surface area (Å²) in [5.41, 5.74) is 2.15. The lowest BCUT2D eigenvalue weighted by atomic mass is 10.1. The van der Waals surface area contributed by atoms with Crippen LogP contribution in [0.5, 0.6) is 0 Å². The van der Waals surface area contributed by atoms with Crippen LogP contribution in [-0.2, 0) is 9.59 Å². The second-order valence-electron chi connectivity index (χ2n) is 7.34. The number of carboxylic acid groups (broad SMARTS) is 1. The number of carbonyl (C=O) groups is 3. The lowest BCUT2D eigenvalue weighted by Gasteiger charge is -2.28. The Morgan fingerprint density at radius 2 is 1.90 bits per heavy atom. The van der Waals surface area contributed by atoms with Crippen molar-refractivity contribution >= 4 is 17.8 Å². The first-order valence-electron chi connectivity index (χ1n) is 9.77. The van der Waals surface area contributed by atoms with Gasteiger partial charge in [-0.25, -0.2) is 4.68 Å². The minimum atomic E-state index is -1.03. The Morgan fingerprint density at radius 3 is 2.55 bits per heavy atom. The van der Waals surface area contributed by atoms with Crippen LogP contribution >= 0.6 is 0 Å². The minimum absolute atomic E-state index is 0.143. The summed E-state index contributed by atoms with van der Waals surface area (Å²) in [7, 11) is 0. The normalized spacial score (nSPS) is 16.9. The van der Waals surface area contributed by atoms with E-state index in [2.05, 4.69) is 5.10 Å². The Kier molecular flexibility index (Phi) is 6.31. The quantitative estimate of drug-likeness (QED) is 0.832. The molecular weight excluding hydrogens is 372 g/mol. The number of hydrogen-bond acceptors (Lipinski definition) is 4. The van der Waals surface area contributed by atoms with E-state index in [1.54, 1.807) is 15.6 Å². The Balaban J connectivity index is 1.71. The van der Waals surface area contributed by atoms with E-state index < -0.39 is 5.97 Å². The second kappa shape index (κ2) is 8.89. The molecule has 2 amide bonds. The third-order valence-electron chi connectivity index (χ3n) is 5.24. The summed E-state index contributed by atoms with van der Waals surface area (Å²) in [6.07, 6.45) is 1.93. The highest BCUT2D eigenvalue weighted by Gasteiger charge is 2.28. The van der Waals surface area contributed by atoms with Gasteiger partial charge in [-0.2, -0.15) is 5.10 Å². The monoisotopic (exact) mass is 398 g/mol. The van der Waals surface area contributed by atoms with E-state index in [0.29, 0.717) is 38.0 Å². The highest BCUT2D eigenvalue weighted by molar-refractivity contribution is 5.92. The van der Waals surface area contributed by atoms with Crippen molar-refractivity contribution in [1.29, 1.82) is 0 Å². The van der Waals surface area contributed by atoms with Crippen molar-refractivity contribution in [3.05, 3.63) is 47.8 Å². The molecule has 2 heterocycles. The first-order valence-corrected chi connectivity index (χ1v) is 9.77. The van der Waals surface area contributed by atoms with Crippen LogP contribution in [0.3, 0.4) is 0 Å². The Hall–Kier alpha value is -3.16. The lowest BCUT2D eigenvalue weighted by molar-refractivity contribution is -0.145. The van der Waals surface area contributed by atoms with Crippen LogP contribution in [0.4, 0.5) is 0 Å². The van der Waals surface area contributed by atoms with Gasteiger partial charge in [-0.3, -0.25) is 14.4 Å². The number of aromatic nitrogens is 2. The summed E-state index contributed by atoms with van der Waals surface area (Å²) in [5.74, 6) is -1.43. The van der Waals surface area contributed by atoms with Gasteiger partial charge >= 0.3 is 5.97 Å². The molecule has 1 unspecified atom stereocenters. The zero-order valence-corrected chi connectivity index (χ0v) is 16.7. The number of carbonyl (C=O) groups excluding carboxylic acids is 2. The fourth-order valence-electron chi connectivity index (χ4n) is 3.81. The van der Waals surface area contributed by atoms with Crippen molar-refractivity contribution in [3.63, 3.8) is 0 Å². The Labute approximate surface area is 169 Å². The molecule has 1 saturated heterocycles. The highest BCUT2D eigenvalue weighted by atomic mass is 16.4. The van der Waals surface area contributed by atoms with Crippen molar-refractivity contribution in [1.82, 2.24) is 19.6 Å². The molecule has 2 aromatic rings. The molecule has 3 rings (SSSR count). The van der Waals surface area contributed by atoms with E-state index in [1.807, 2.05) is 37.3 Å². The van der Waals surface area contributed by atoms with Gasteiger partial charge in [0.15, 0.2) is 5.69 Å². The third kappa shape index (κ3) is 4.82. The predicted octanol–water partition coefficient (Wildman–Crippen LogP) is 2.11. The number of hydrogen-bond donors (Lipinski definition) is 1. The number of carboxylic acids is 1. The molecule has 1 aromatic heterocycles. The number of benzene rings is 1. The van der Waals surface area contributed by atoms with Crippen molar-refractivity contribution in [2.45, 2.75) is 39.2 Å². The van der Waals surface area contributed by atoms with Gasteiger partial charge in [-0.1, -0.05) is 18.2 Å². The first-order chi connectivity index (χ1) is 13.9. The average Bonchev–Trinajstić information content (AvgIpc) is 2.92. The Morgan fingerprint density at radius 1 is 1.17 bits per heavy atom. The number of nitrogens with zero attached hydrogens (tertiary/aromatic N) is 4. The summed E-state index contributed by atoms with van der Waals surface area (Å²) < 4.78 is 1.75. The molecule has 0 spiro atoms. The Bertz CT molecular complexity index is 893. The van der Waals surface area contributed by atoms with E-state index in [-0.39, 0.29) is 24.4 Å². The fourth-order valence-corrected chi connectivity index (χ4v) is 3.81.